The van der Waals surface area contributed by atoms with Gasteiger partial charge in [-0.2, -0.15) is 0 Å². The fourth-order valence-corrected chi connectivity index (χ4v) is 2.63. The summed E-state index contributed by atoms with van der Waals surface area (Å²) < 4.78 is 13.3. The quantitative estimate of drug-likeness (QED) is 0.840. The molecule has 0 aliphatic carbocycles. The number of pyridine rings is 1. The molecule has 0 bridgehead atoms. The second-order valence-corrected chi connectivity index (χ2v) is 5.70. The maximum absolute atomic E-state index is 13.3. The average Bonchev–Trinajstić information content (AvgIpc) is 2.78. The van der Waals surface area contributed by atoms with Gasteiger partial charge in [0.1, 0.15) is 11.6 Å². The highest BCUT2D eigenvalue weighted by molar-refractivity contribution is 5.96. The number of anilines is 1. The maximum Gasteiger partial charge on any atom is 0.228 e. The number of halogens is 1. The number of carbonyl (C=O) groups excluding carboxylic acids is 1. The van der Waals surface area contributed by atoms with E-state index >= 15 is 0 Å². The number of amides is 1. The van der Waals surface area contributed by atoms with Gasteiger partial charge in [-0.3, -0.25) is 9.69 Å². The predicted octanol–water partition coefficient (Wildman–Crippen LogP) is 3.31. The lowest BCUT2D eigenvalue weighted by Gasteiger charge is -2.17. The molecular formula is C16H17FN2O. The van der Waals surface area contributed by atoms with Crippen LogP contribution >= 0.6 is 0 Å². The van der Waals surface area contributed by atoms with Gasteiger partial charge in [-0.15, -0.1) is 0 Å². The van der Waals surface area contributed by atoms with E-state index in [1.54, 1.807) is 11.0 Å². The van der Waals surface area contributed by atoms with E-state index < -0.39 is 0 Å². The van der Waals surface area contributed by atoms with Crippen LogP contribution in [0.4, 0.5) is 10.2 Å². The van der Waals surface area contributed by atoms with Crippen molar-refractivity contribution in [1.82, 2.24) is 4.98 Å². The SMILES string of the molecule is CC(C)CC(=O)N1CCc2cc3ccc(F)cc3nc21. The van der Waals surface area contributed by atoms with Gasteiger partial charge in [0.25, 0.3) is 0 Å². The van der Waals surface area contributed by atoms with Gasteiger partial charge in [-0.1, -0.05) is 13.8 Å². The molecule has 1 amide bonds. The lowest BCUT2D eigenvalue weighted by atomic mass is 10.1. The summed E-state index contributed by atoms with van der Waals surface area (Å²) in [5, 5.41) is 0.920. The third kappa shape index (κ3) is 2.26. The van der Waals surface area contributed by atoms with Gasteiger partial charge in [-0.05, 0) is 36.1 Å². The van der Waals surface area contributed by atoms with Crippen LogP contribution in [0.5, 0.6) is 0 Å². The monoisotopic (exact) mass is 272 g/mol. The lowest BCUT2D eigenvalue weighted by Crippen LogP contribution is -2.30. The molecule has 1 aromatic heterocycles. The van der Waals surface area contributed by atoms with E-state index in [9.17, 15) is 9.18 Å². The van der Waals surface area contributed by atoms with Crippen LogP contribution in [0.2, 0.25) is 0 Å². The van der Waals surface area contributed by atoms with Crippen LogP contribution in [-0.2, 0) is 11.2 Å². The molecule has 0 spiro atoms. The maximum atomic E-state index is 13.3. The average molecular weight is 272 g/mol. The standard InChI is InChI=1S/C16H17FN2O/c1-10(2)7-15(20)19-6-5-12-8-11-3-4-13(17)9-14(11)18-16(12)19/h3-4,8-10H,5-7H2,1-2H3. The first kappa shape index (κ1) is 13.0. The normalized spacial score (nSPS) is 14.1. The van der Waals surface area contributed by atoms with Crippen LogP contribution in [-0.4, -0.2) is 17.4 Å². The summed E-state index contributed by atoms with van der Waals surface area (Å²) >= 11 is 0. The molecule has 0 saturated carbocycles. The van der Waals surface area contributed by atoms with Gasteiger partial charge in [0, 0.05) is 24.4 Å². The number of benzene rings is 1. The molecule has 4 heteroatoms. The van der Waals surface area contributed by atoms with Crippen molar-refractivity contribution in [1.29, 1.82) is 0 Å². The predicted molar refractivity (Wildman–Crippen MR) is 77.2 cm³/mol. The van der Waals surface area contributed by atoms with Gasteiger partial charge in [-0.25, -0.2) is 9.37 Å². The van der Waals surface area contributed by atoms with Crippen molar-refractivity contribution < 1.29 is 9.18 Å². The second-order valence-electron chi connectivity index (χ2n) is 5.70. The van der Waals surface area contributed by atoms with E-state index in [-0.39, 0.29) is 11.7 Å². The summed E-state index contributed by atoms with van der Waals surface area (Å²) in [7, 11) is 0. The highest BCUT2D eigenvalue weighted by atomic mass is 19.1. The molecule has 1 aromatic carbocycles. The Morgan fingerprint density at radius 3 is 2.95 bits per heavy atom. The van der Waals surface area contributed by atoms with Crippen LogP contribution in [0, 0.1) is 11.7 Å². The molecule has 0 N–H and O–H groups in total. The van der Waals surface area contributed by atoms with Gasteiger partial charge in [0.2, 0.25) is 5.91 Å². The van der Waals surface area contributed by atoms with Gasteiger partial charge >= 0.3 is 0 Å². The van der Waals surface area contributed by atoms with Crippen LogP contribution in [0.15, 0.2) is 24.3 Å². The largest absolute Gasteiger partial charge is 0.296 e. The zero-order valence-corrected chi connectivity index (χ0v) is 11.7. The fourth-order valence-electron chi connectivity index (χ4n) is 2.63. The number of hydrogen-bond donors (Lipinski definition) is 0. The topological polar surface area (TPSA) is 33.2 Å². The Labute approximate surface area is 117 Å². The summed E-state index contributed by atoms with van der Waals surface area (Å²) in [5.41, 5.74) is 1.68. The molecule has 2 heterocycles. The van der Waals surface area contributed by atoms with Crippen molar-refractivity contribution in [3.63, 3.8) is 0 Å². The molecule has 0 atom stereocenters. The Hall–Kier alpha value is -1.97. The van der Waals surface area contributed by atoms with Crippen LogP contribution in [0.1, 0.15) is 25.8 Å². The van der Waals surface area contributed by atoms with Crippen LogP contribution < -0.4 is 4.90 Å². The van der Waals surface area contributed by atoms with Crippen LogP contribution in [0.25, 0.3) is 10.9 Å². The summed E-state index contributed by atoms with van der Waals surface area (Å²) in [6.07, 6.45) is 1.34. The van der Waals surface area contributed by atoms with E-state index in [0.29, 0.717) is 30.2 Å². The van der Waals surface area contributed by atoms with E-state index in [4.69, 9.17) is 0 Å². The lowest BCUT2D eigenvalue weighted by molar-refractivity contribution is -0.119. The molecule has 3 rings (SSSR count). The third-order valence-electron chi connectivity index (χ3n) is 3.58. The summed E-state index contributed by atoms with van der Waals surface area (Å²) in [5.74, 6) is 0.822. The number of nitrogens with zero attached hydrogens (tertiary/aromatic N) is 2. The summed E-state index contributed by atoms with van der Waals surface area (Å²) in [6, 6.07) is 6.60. The summed E-state index contributed by atoms with van der Waals surface area (Å²) in [4.78, 5) is 18.5. The molecule has 1 aliphatic rings. The Morgan fingerprint density at radius 1 is 1.40 bits per heavy atom. The molecule has 104 valence electrons. The summed E-state index contributed by atoms with van der Waals surface area (Å²) in [6.45, 7) is 4.73. The zero-order chi connectivity index (χ0) is 14.3. The van der Waals surface area contributed by atoms with Crippen LogP contribution in [0.3, 0.4) is 0 Å². The van der Waals surface area contributed by atoms with Gasteiger partial charge in [0.05, 0.1) is 5.52 Å². The van der Waals surface area contributed by atoms with Crippen molar-refractivity contribution in [3.05, 3.63) is 35.6 Å². The third-order valence-corrected chi connectivity index (χ3v) is 3.58. The van der Waals surface area contributed by atoms with Crippen molar-refractivity contribution in [2.75, 3.05) is 11.4 Å². The first-order valence-electron chi connectivity index (χ1n) is 6.94. The smallest absolute Gasteiger partial charge is 0.228 e. The highest BCUT2D eigenvalue weighted by Gasteiger charge is 2.26. The number of hydrogen-bond acceptors (Lipinski definition) is 2. The fraction of sp³-hybridized carbons (Fsp3) is 0.375. The minimum absolute atomic E-state index is 0.0991. The Kier molecular flexibility index (Phi) is 3.16. The highest BCUT2D eigenvalue weighted by Crippen LogP contribution is 2.30. The molecule has 0 radical (unpaired) electrons. The number of carbonyl (C=O) groups is 1. The van der Waals surface area contributed by atoms with Gasteiger partial charge in [0.15, 0.2) is 0 Å². The number of fused-ring (bicyclic) bond motifs is 2. The molecule has 0 unspecified atom stereocenters. The first-order valence-corrected chi connectivity index (χ1v) is 6.94. The van der Waals surface area contributed by atoms with Crippen molar-refractivity contribution in [3.8, 4) is 0 Å². The van der Waals surface area contributed by atoms with Crippen molar-refractivity contribution in [2.45, 2.75) is 26.7 Å². The molecule has 1 aliphatic heterocycles. The Bertz CT molecular complexity index is 681. The van der Waals surface area contributed by atoms with E-state index in [1.807, 2.05) is 19.9 Å². The van der Waals surface area contributed by atoms with E-state index in [1.165, 1.54) is 12.1 Å². The zero-order valence-electron chi connectivity index (χ0n) is 11.7. The van der Waals surface area contributed by atoms with Gasteiger partial charge < -0.3 is 0 Å². The van der Waals surface area contributed by atoms with E-state index in [0.717, 1.165) is 17.4 Å². The second kappa shape index (κ2) is 4.85. The molecule has 3 nitrogen and oxygen atoms in total. The Balaban J connectivity index is 2.02. The molecular weight excluding hydrogens is 255 g/mol. The minimum Gasteiger partial charge on any atom is -0.296 e. The molecule has 0 fully saturated rings. The number of aromatic nitrogens is 1. The molecule has 20 heavy (non-hydrogen) atoms. The Morgan fingerprint density at radius 2 is 2.20 bits per heavy atom. The van der Waals surface area contributed by atoms with Crippen molar-refractivity contribution >= 4 is 22.6 Å². The number of rotatable bonds is 2. The molecule has 2 aromatic rings. The van der Waals surface area contributed by atoms with Crippen molar-refractivity contribution in [2.24, 2.45) is 5.92 Å². The first-order chi connectivity index (χ1) is 9.54. The minimum atomic E-state index is -0.303. The van der Waals surface area contributed by atoms with E-state index in [2.05, 4.69) is 4.98 Å². The molecule has 0 saturated heterocycles.